The molecule has 2 aliphatic heterocycles. The molecule has 1 aromatic carbocycles. The Kier molecular flexibility index (Phi) is 7.35. The van der Waals surface area contributed by atoms with Crippen molar-refractivity contribution in [2.24, 2.45) is 0 Å². The molecular formula is C21H32N2O4. The molecule has 2 heterocycles. The van der Waals surface area contributed by atoms with E-state index in [0.29, 0.717) is 13.0 Å². The number of rotatable bonds is 8. The number of carbonyl (C=O) groups is 1. The van der Waals surface area contributed by atoms with Gasteiger partial charge in [0.1, 0.15) is 18.1 Å². The van der Waals surface area contributed by atoms with Crippen molar-refractivity contribution in [3.63, 3.8) is 0 Å². The van der Waals surface area contributed by atoms with Crippen LogP contribution in [0.1, 0.15) is 31.7 Å². The van der Waals surface area contributed by atoms with Crippen LogP contribution in [0.3, 0.4) is 0 Å². The molecule has 6 nitrogen and oxygen atoms in total. The average Bonchev–Trinajstić information content (AvgIpc) is 2.72. The molecule has 6 heteroatoms. The van der Waals surface area contributed by atoms with Crippen molar-refractivity contribution < 1.29 is 19.0 Å². The van der Waals surface area contributed by atoms with E-state index in [2.05, 4.69) is 11.8 Å². The van der Waals surface area contributed by atoms with Crippen LogP contribution in [-0.4, -0.2) is 74.9 Å². The average molecular weight is 376 g/mol. The van der Waals surface area contributed by atoms with Gasteiger partial charge in [0.2, 0.25) is 5.91 Å². The summed E-state index contributed by atoms with van der Waals surface area (Å²) in [4.78, 5) is 17.3. The number of amides is 1. The normalized spacial score (nSPS) is 19.9. The molecule has 0 radical (unpaired) electrons. The molecule has 1 aromatic rings. The highest BCUT2D eigenvalue weighted by Crippen LogP contribution is 2.34. The van der Waals surface area contributed by atoms with E-state index in [-0.39, 0.29) is 11.9 Å². The number of benzene rings is 1. The number of carbonyl (C=O) groups excluding carboxylic acids is 1. The minimum atomic E-state index is 0.0737. The Balaban J connectivity index is 1.58. The molecule has 0 aromatic heterocycles. The van der Waals surface area contributed by atoms with E-state index in [0.717, 1.165) is 75.7 Å². The minimum Gasteiger partial charge on any atom is -0.496 e. The quantitative estimate of drug-likeness (QED) is 0.697. The number of hydrogen-bond donors (Lipinski definition) is 0. The van der Waals surface area contributed by atoms with Crippen LogP contribution in [0.5, 0.6) is 11.5 Å². The molecule has 1 saturated heterocycles. The smallest absolute Gasteiger partial charge is 0.222 e. The second-order valence-electron chi connectivity index (χ2n) is 7.25. The summed E-state index contributed by atoms with van der Waals surface area (Å²) in [6.07, 6.45) is 3.22. The SMILES string of the molecule is CCCN(C(=O)CCCN1CCOCC1)C1COc2cccc(OC)c2C1. The molecule has 1 fully saturated rings. The van der Waals surface area contributed by atoms with Gasteiger partial charge in [-0.1, -0.05) is 13.0 Å². The van der Waals surface area contributed by atoms with Crippen molar-refractivity contribution in [1.29, 1.82) is 0 Å². The highest BCUT2D eigenvalue weighted by Gasteiger charge is 2.29. The van der Waals surface area contributed by atoms with Crippen LogP contribution in [0.2, 0.25) is 0 Å². The third-order valence-electron chi connectivity index (χ3n) is 5.38. The Morgan fingerprint density at radius 3 is 2.89 bits per heavy atom. The zero-order valence-electron chi connectivity index (χ0n) is 16.6. The molecule has 2 aliphatic rings. The van der Waals surface area contributed by atoms with E-state index in [1.54, 1.807) is 7.11 Å². The van der Waals surface area contributed by atoms with Gasteiger partial charge in [0, 0.05) is 38.0 Å². The summed E-state index contributed by atoms with van der Waals surface area (Å²) in [7, 11) is 1.68. The second-order valence-corrected chi connectivity index (χ2v) is 7.25. The number of nitrogens with zero attached hydrogens (tertiary/aromatic N) is 2. The zero-order chi connectivity index (χ0) is 19.1. The molecule has 27 heavy (non-hydrogen) atoms. The summed E-state index contributed by atoms with van der Waals surface area (Å²) in [6.45, 7) is 7.95. The maximum Gasteiger partial charge on any atom is 0.222 e. The Morgan fingerprint density at radius 1 is 1.33 bits per heavy atom. The molecule has 0 spiro atoms. The maximum absolute atomic E-state index is 12.9. The summed E-state index contributed by atoms with van der Waals surface area (Å²) in [6, 6.07) is 5.95. The van der Waals surface area contributed by atoms with Gasteiger partial charge in [0.15, 0.2) is 0 Å². The van der Waals surface area contributed by atoms with Crippen molar-refractivity contribution in [2.45, 2.75) is 38.6 Å². The molecule has 1 amide bonds. The van der Waals surface area contributed by atoms with E-state index < -0.39 is 0 Å². The predicted octanol–water partition coefficient (Wildman–Crippen LogP) is 2.35. The van der Waals surface area contributed by atoms with E-state index in [1.807, 2.05) is 23.1 Å². The van der Waals surface area contributed by atoms with Crippen LogP contribution in [0.15, 0.2) is 18.2 Å². The number of morpholine rings is 1. The van der Waals surface area contributed by atoms with E-state index in [9.17, 15) is 4.79 Å². The van der Waals surface area contributed by atoms with Crippen LogP contribution in [0.4, 0.5) is 0 Å². The standard InChI is InChI=1S/C21H32N2O4/c1-3-9-23(21(24)8-5-10-22-11-13-26-14-12-22)17-15-18-19(25-2)6-4-7-20(18)27-16-17/h4,6-7,17H,3,5,8-16H2,1-2H3. The van der Waals surface area contributed by atoms with Gasteiger partial charge >= 0.3 is 0 Å². The summed E-state index contributed by atoms with van der Waals surface area (Å²) < 4.78 is 16.8. The first-order valence-corrected chi connectivity index (χ1v) is 10.1. The Hall–Kier alpha value is -1.79. The molecule has 150 valence electrons. The van der Waals surface area contributed by atoms with Crippen LogP contribution in [0.25, 0.3) is 0 Å². The fraction of sp³-hybridized carbons (Fsp3) is 0.667. The maximum atomic E-state index is 12.9. The van der Waals surface area contributed by atoms with Gasteiger partial charge in [-0.2, -0.15) is 0 Å². The molecule has 1 atom stereocenters. The third-order valence-corrected chi connectivity index (χ3v) is 5.38. The Bertz CT molecular complexity index is 602. The first-order valence-electron chi connectivity index (χ1n) is 10.1. The van der Waals surface area contributed by atoms with Gasteiger partial charge in [0.05, 0.1) is 26.4 Å². The van der Waals surface area contributed by atoms with Crippen molar-refractivity contribution in [3.05, 3.63) is 23.8 Å². The van der Waals surface area contributed by atoms with Gasteiger partial charge in [0.25, 0.3) is 0 Å². The monoisotopic (exact) mass is 376 g/mol. The summed E-state index contributed by atoms with van der Waals surface area (Å²) in [5, 5.41) is 0. The summed E-state index contributed by atoms with van der Waals surface area (Å²) in [5.74, 6) is 1.95. The largest absolute Gasteiger partial charge is 0.496 e. The molecular weight excluding hydrogens is 344 g/mol. The Morgan fingerprint density at radius 2 is 2.15 bits per heavy atom. The highest BCUT2D eigenvalue weighted by atomic mass is 16.5. The lowest BCUT2D eigenvalue weighted by molar-refractivity contribution is -0.134. The van der Waals surface area contributed by atoms with Gasteiger partial charge in [-0.05, 0) is 31.5 Å². The Labute approximate surface area is 162 Å². The minimum absolute atomic E-state index is 0.0737. The topological polar surface area (TPSA) is 51.2 Å². The van der Waals surface area contributed by atoms with Crippen LogP contribution in [0, 0.1) is 0 Å². The molecule has 0 bridgehead atoms. The first kappa shape index (κ1) is 20.0. The fourth-order valence-corrected chi connectivity index (χ4v) is 3.93. The summed E-state index contributed by atoms with van der Waals surface area (Å²) in [5.41, 5.74) is 1.07. The highest BCUT2D eigenvalue weighted by molar-refractivity contribution is 5.76. The van der Waals surface area contributed by atoms with E-state index in [1.165, 1.54) is 0 Å². The fourth-order valence-electron chi connectivity index (χ4n) is 3.93. The predicted molar refractivity (Wildman–Crippen MR) is 104 cm³/mol. The van der Waals surface area contributed by atoms with Crippen LogP contribution < -0.4 is 9.47 Å². The molecule has 0 saturated carbocycles. The van der Waals surface area contributed by atoms with Crippen molar-refractivity contribution >= 4 is 5.91 Å². The van der Waals surface area contributed by atoms with Gasteiger partial charge in [-0.15, -0.1) is 0 Å². The van der Waals surface area contributed by atoms with Crippen LogP contribution >= 0.6 is 0 Å². The van der Waals surface area contributed by atoms with Crippen molar-refractivity contribution in [2.75, 3.05) is 53.1 Å². The number of ether oxygens (including phenoxy) is 3. The lowest BCUT2D eigenvalue weighted by Crippen LogP contribution is -2.47. The number of methoxy groups -OCH3 is 1. The van der Waals surface area contributed by atoms with E-state index in [4.69, 9.17) is 14.2 Å². The van der Waals surface area contributed by atoms with Gasteiger partial charge < -0.3 is 19.1 Å². The third kappa shape index (κ3) is 5.14. The lowest BCUT2D eigenvalue weighted by atomic mass is 9.99. The first-order chi connectivity index (χ1) is 13.2. The molecule has 1 unspecified atom stereocenters. The van der Waals surface area contributed by atoms with Crippen molar-refractivity contribution in [1.82, 2.24) is 9.80 Å². The molecule has 0 aliphatic carbocycles. The molecule has 3 rings (SSSR count). The van der Waals surface area contributed by atoms with Crippen molar-refractivity contribution in [3.8, 4) is 11.5 Å². The van der Waals surface area contributed by atoms with Crippen LogP contribution in [-0.2, 0) is 16.0 Å². The molecule has 0 N–H and O–H groups in total. The van der Waals surface area contributed by atoms with Gasteiger partial charge in [-0.25, -0.2) is 0 Å². The van der Waals surface area contributed by atoms with E-state index >= 15 is 0 Å². The zero-order valence-corrected chi connectivity index (χ0v) is 16.6. The number of fused-ring (bicyclic) bond motifs is 1. The number of hydrogen-bond acceptors (Lipinski definition) is 5. The lowest BCUT2D eigenvalue weighted by Gasteiger charge is -2.36. The summed E-state index contributed by atoms with van der Waals surface area (Å²) >= 11 is 0. The van der Waals surface area contributed by atoms with Gasteiger partial charge in [-0.3, -0.25) is 9.69 Å². The second kappa shape index (κ2) is 9.95.